The van der Waals surface area contributed by atoms with Crippen molar-refractivity contribution in [2.45, 2.75) is 18.8 Å². The number of rotatable bonds is 4. The van der Waals surface area contributed by atoms with Crippen LogP contribution in [0.25, 0.3) is 0 Å². The Morgan fingerprint density at radius 1 is 1.55 bits per heavy atom. The zero-order chi connectivity index (χ0) is 14.2. The number of carbonyl (C=O) groups excluding carboxylic acids is 1. The van der Waals surface area contributed by atoms with Crippen molar-refractivity contribution >= 4 is 5.91 Å². The predicted octanol–water partition coefficient (Wildman–Crippen LogP) is 1.60. The topological polar surface area (TPSA) is 62.1 Å². The molecule has 1 aromatic rings. The first kappa shape index (κ1) is 13.1. The molecule has 3 rings (SSSR count). The third-order valence-corrected chi connectivity index (χ3v) is 4.41. The van der Waals surface area contributed by atoms with Gasteiger partial charge in [0.05, 0.1) is 30.3 Å². The number of ether oxygens (including phenoxy) is 1. The van der Waals surface area contributed by atoms with Gasteiger partial charge in [0, 0.05) is 12.5 Å². The molecule has 20 heavy (non-hydrogen) atoms. The second-order valence-corrected chi connectivity index (χ2v) is 6.00. The normalized spacial score (nSPS) is 26.2. The molecular weight excluding hydrogens is 252 g/mol. The molecule has 1 saturated carbocycles. The number of hydrogen-bond donors (Lipinski definition) is 1. The van der Waals surface area contributed by atoms with Crippen molar-refractivity contribution in [3.05, 3.63) is 35.4 Å². The lowest BCUT2D eigenvalue weighted by atomic mass is 9.78. The molecule has 0 spiro atoms. The SMILES string of the molecule is C[C@H]1C[C@@H]1C(=O)NCC1(c2cccc(C#N)c2)COC1. The first-order chi connectivity index (χ1) is 9.64. The molecule has 0 radical (unpaired) electrons. The van der Waals surface area contributed by atoms with E-state index in [1.807, 2.05) is 18.2 Å². The lowest BCUT2D eigenvalue weighted by Crippen LogP contribution is -2.54. The lowest BCUT2D eigenvalue weighted by molar-refractivity contribution is -0.124. The number of benzene rings is 1. The Labute approximate surface area is 118 Å². The van der Waals surface area contributed by atoms with Crippen LogP contribution in [0.3, 0.4) is 0 Å². The maximum atomic E-state index is 12.0. The van der Waals surface area contributed by atoms with E-state index in [0.29, 0.717) is 31.2 Å². The quantitative estimate of drug-likeness (QED) is 0.904. The summed E-state index contributed by atoms with van der Waals surface area (Å²) >= 11 is 0. The lowest BCUT2D eigenvalue weighted by Gasteiger charge is -2.42. The largest absolute Gasteiger partial charge is 0.379 e. The van der Waals surface area contributed by atoms with Gasteiger partial charge in [-0.25, -0.2) is 0 Å². The van der Waals surface area contributed by atoms with E-state index in [-0.39, 0.29) is 17.2 Å². The second kappa shape index (κ2) is 4.92. The van der Waals surface area contributed by atoms with Crippen molar-refractivity contribution in [3.63, 3.8) is 0 Å². The Hall–Kier alpha value is -1.86. The van der Waals surface area contributed by atoms with Crippen LogP contribution in [0, 0.1) is 23.2 Å². The van der Waals surface area contributed by atoms with Gasteiger partial charge >= 0.3 is 0 Å². The summed E-state index contributed by atoms with van der Waals surface area (Å²) in [5, 5.41) is 12.0. The minimum Gasteiger partial charge on any atom is -0.379 e. The Balaban J connectivity index is 1.71. The minimum atomic E-state index is -0.166. The summed E-state index contributed by atoms with van der Waals surface area (Å²) in [7, 11) is 0. The third-order valence-electron chi connectivity index (χ3n) is 4.41. The number of amides is 1. The van der Waals surface area contributed by atoms with E-state index in [9.17, 15) is 4.79 Å². The maximum Gasteiger partial charge on any atom is 0.223 e. The van der Waals surface area contributed by atoms with E-state index >= 15 is 0 Å². The van der Waals surface area contributed by atoms with Crippen LogP contribution in [0.5, 0.6) is 0 Å². The maximum absolute atomic E-state index is 12.0. The predicted molar refractivity (Wildman–Crippen MR) is 73.9 cm³/mol. The third kappa shape index (κ3) is 2.30. The van der Waals surface area contributed by atoms with E-state index < -0.39 is 0 Å². The molecule has 4 heteroatoms. The molecule has 2 atom stereocenters. The molecule has 0 bridgehead atoms. The van der Waals surface area contributed by atoms with Gasteiger partial charge in [0.15, 0.2) is 0 Å². The van der Waals surface area contributed by atoms with Crippen molar-refractivity contribution in [2.24, 2.45) is 11.8 Å². The highest BCUT2D eigenvalue weighted by molar-refractivity contribution is 5.81. The molecule has 2 aliphatic rings. The van der Waals surface area contributed by atoms with E-state index in [1.54, 1.807) is 6.07 Å². The molecule has 1 aromatic carbocycles. The summed E-state index contributed by atoms with van der Waals surface area (Å²) in [6, 6.07) is 9.75. The highest BCUT2D eigenvalue weighted by Crippen LogP contribution is 2.38. The second-order valence-electron chi connectivity index (χ2n) is 6.00. The summed E-state index contributed by atoms with van der Waals surface area (Å²) in [5.74, 6) is 0.865. The van der Waals surface area contributed by atoms with Gasteiger partial charge in [0.2, 0.25) is 5.91 Å². The zero-order valence-electron chi connectivity index (χ0n) is 11.6. The van der Waals surface area contributed by atoms with Crippen molar-refractivity contribution in [2.75, 3.05) is 19.8 Å². The molecule has 2 fully saturated rings. The van der Waals surface area contributed by atoms with Crippen molar-refractivity contribution in [1.29, 1.82) is 5.26 Å². The van der Waals surface area contributed by atoms with Crippen LogP contribution in [-0.4, -0.2) is 25.7 Å². The zero-order valence-corrected chi connectivity index (χ0v) is 11.6. The average molecular weight is 270 g/mol. The minimum absolute atomic E-state index is 0.153. The van der Waals surface area contributed by atoms with Crippen LogP contribution in [0.1, 0.15) is 24.5 Å². The molecule has 1 heterocycles. The number of nitrogens with one attached hydrogen (secondary N) is 1. The Morgan fingerprint density at radius 3 is 2.85 bits per heavy atom. The number of nitriles is 1. The first-order valence-corrected chi connectivity index (χ1v) is 7.01. The molecule has 104 valence electrons. The van der Waals surface area contributed by atoms with Crippen LogP contribution in [-0.2, 0) is 14.9 Å². The van der Waals surface area contributed by atoms with Gasteiger partial charge in [-0.2, -0.15) is 5.26 Å². The fourth-order valence-corrected chi connectivity index (χ4v) is 2.71. The molecular formula is C16H18N2O2. The highest BCUT2D eigenvalue weighted by atomic mass is 16.5. The number of carbonyl (C=O) groups is 1. The van der Waals surface area contributed by atoms with Gasteiger partial charge in [-0.15, -0.1) is 0 Å². The molecule has 1 amide bonds. The van der Waals surface area contributed by atoms with E-state index in [1.165, 1.54) is 0 Å². The average Bonchev–Trinajstić information content (AvgIpc) is 3.15. The molecule has 4 nitrogen and oxygen atoms in total. The first-order valence-electron chi connectivity index (χ1n) is 7.01. The van der Waals surface area contributed by atoms with Gasteiger partial charge in [-0.1, -0.05) is 19.1 Å². The van der Waals surface area contributed by atoms with Crippen LogP contribution in [0.4, 0.5) is 0 Å². The summed E-state index contributed by atoms with van der Waals surface area (Å²) in [6.07, 6.45) is 0.999. The number of hydrogen-bond acceptors (Lipinski definition) is 3. The molecule has 1 aliphatic heterocycles. The Morgan fingerprint density at radius 2 is 2.30 bits per heavy atom. The van der Waals surface area contributed by atoms with Crippen LogP contribution >= 0.6 is 0 Å². The smallest absolute Gasteiger partial charge is 0.223 e. The Kier molecular flexibility index (Phi) is 3.23. The summed E-state index contributed by atoms with van der Waals surface area (Å²) in [6.45, 7) is 3.89. The van der Waals surface area contributed by atoms with Gasteiger partial charge in [0.25, 0.3) is 0 Å². The van der Waals surface area contributed by atoms with E-state index in [0.717, 1.165) is 12.0 Å². The molecule has 1 saturated heterocycles. The van der Waals surface area contributed by atoms with Gasteiger partial charge in [0.1, 0.15) is 0 Å². The molecule has 1 aliphatic carbocycles. The fraction of sp³-hybridized carbons (Fsp3) is 0.500. The van der Waals surface area contributed by atoms with E-state index in [4.69, 9.17) is 10.00 Å². The van der Waals surface area contributed by atoms with Crippen molar-refractivity contribution in [1.82, 2.24) is 5.32 Å². The van der Waals surface area contributed by atoms with Crippen molar-refractivity contribution in [3.8, 4) is 6.07 Å². The summed E-state index contributed by atoms with van der Waals surface area (Å²) in [4.78, 5) is 12.0. The highest BCUT2D eigenvalue weighted by Gasteiger charge is 2.43. The van der Waals surface area contributed by atoms with Crippen LogP contribution in [0.2, 0.25) is 0 Å². The van der Waals surface area contributed by atoms with Crippen LogP contribution < -0.4 is 5.32 Å². The van der Waals surface area contributed by atoms with Crippen molar-refractivity contribution < 1.29 is 9.53 Å². The summed E-state index contributed by atoms with van der Waals surface area (Å²) in [5.41, 5.74) is 1.56. The van der Waals surface area contributed by atoms with Gasteiger partial charge < -0.3 is 10.1 Å². The number of nitrogens with zero attached hydrogens (tertiary/aromatic N) is 1. The van der Waals surface area contributed by atoms with Gasteiger partial charge in [-0.05, 0) is 30.0 Å². The molecule has 1 N–H and O–H groups in total. The van der Waals surface area contributed by atoms with E-state index in [2.05, 4.69) is 18.3 Å². The standard InChI is InChI=1S/C16H18N2O2/c1-11-5-14(11)15(19)18-8-16(9-20-10-16)13-4-2-3-12(6-13)7-17/h2-4,6,11,14H,5,8-10H2,1H3,(H,18,19)/t11-,14-/m0/s1. The van der Waals surface area contributed by atoms with Gasteiger partial charge in [-0.3, -0.25) is 4.79 Å². The molecule has 0 aromatic heterocycles. The van der Waals surface area contributed by atoms with Crippen LogP contribution in [0.15, 0.2) is 24.3 Å². The summed E-state index contributed by atoms with van der Waals surface area (Å²) < 4.78 is 5.36. The molecule has 0 unspecified atom stereocenters. The monoisotopic (exact) mass is 270 g/mol. The Bertz CT molecular complexity index is 572. The fourth-order valence-electron chi connectivity index (χ4n) is 2.71.